The van der Waals surface area contributed by atoms with Crippen molar-refractivity contribution in [1.82, 2.24) is 4.57 Å². The van der Waals surface area contributed by atoms with Crippen molar-refractivity contribution in [3.63, 3.8) is 0 Å². The maximum atomic E-state index is 11.9. The van der Waals surface area contributed by atoms with Gasteiger partial charge in [0.1, 0.15) is 0 Å². The molecule has 0 saturated carbocycles. The molecule has 1 aromatic carbocycles. The van der Waals surface area contributed by atoms with Crippen molar-refractivity contribution >= 4 is 11.7 Å². The quantitative estimate of drug-likeness (QED) is 0.679. The number of nitrogens with two attached hydrogens (primary N) is 1. The van der Waals surface area contributed by atoms with Crippen LogP contribution in [0.3, 0.4) is 0 Å². The van der Waals surface area contributed by atoms with Gasteiger partial charge < -0.3 is 15.0 Å². The molecule has 0 radical (unpaired) electrons. The highest BCUT2D eigenvalue weighted by Crippen LogP contribution is 2.31. The Bertz CT molecular complexity index is 600. The molecular formula is C15H18N2O2. The summed E-state index contributed by atoms with van der Waals surface area (Å²) in [6.07, 6.45) is 3.74. The number of carbonyl (C=O) groups excluding carboxylic acids is 1. The molecule has 2 N–H and O–H groups in total. The lowest BCUT2D eigenvalue weighted by molar-refractivity contribution is 0.0601. The highest BCUT2D eigenvalue weighted by atomic mass is 16.5. The first-order chi connectivity index (χ1) is 9.04. The summed E-state index contributed by atoms with van der Waals surface area (Å²) in [5, 5.41) is 0. The Labute approximate surface area is 112 Å². The molecule has 0 spiro atoms. The Morgan fingerprint density at radius 3 is 2.47 bits per heavy atom. The smallest absolute Gasteiger partial charge is 0.340 e. The largest absolute Gasteiger partial charge is 0.465 e. The molecule has 0 atom stereocenters. The molecule has 0 bridgehead atoms. The fourth-order valence-electron chi connectivity index (χ4n) is 2.00. The predicted octanol–water partition coefficient (Wildman–Crippen LogP) is 3.10. The maximum Gasteiger partial charge on any atom is 0.340 e. The number of hydrogen-bond acceptors (Lipinski definition) is 3. The second-order valence-electron chi connectivity index (χ2n) is 4.71. The minimum atomic E-state index is -0.349. The second-order valence-corrected chi connectivity index (χ2v) is 4.71. The van der Waals surface area contributed by atoms with Crippen LogP contribution in [0.4, 0.5) is 5.69 Å². The predicted molar refractivity (Wildman–Crippen MR) is 76.0 cm³/mol. The van der Waals surface area contributed by atoms with Crippen molar-refractivity contribution in [2.45, 2.75) is 19.9 Å². The third kappa shape index (κ3) is 2.47. The van der Waals surface area contributed by atoms with Crippen LogP contribution in [-0.2, 0) is 4.74 Å². The molecule has 19 heavy (non-hydrogen) atoms. The van der Waals surface area contributed by atoms with Gasteiger partial charge in [0.05, 0.1) is 12.7 Å². The molecular weight excluding hydrogens is 240 g/mol. The standard InChI is InChI=1S/C15H18N2O2/c1-10(2)17-8-12(13(9-17)15(18)19-3)11-6-4-5-7-14(11)16/h4-10H,16H2,1-3H3. The average molecular weight is 258 g/mol. The molecule has 4 heteroatoms. The Hall–Kier alpha value is -2.23. The van der Waals surface area contributed by atoms with Crippen LogP contribution in [0.2, 0.25) is 0 Å². The van der Waals surface area contributed by atoms with Gasteiger partial charge in [-0.25, -0.2) is 4.79 Å². The van der Waals surface area contributed by atoms with Gasteiger partial charge in [-0.3, -0.25) is 0 Å². The van der Waals surface area contributed by atoms with Gasteiger partial charge in [-0.05, 0) is 19.9 Å². The number of aromatic nitrogens is 1. The number of hydrogen-bond donors (Lipinski definition) is 1. The molecule has 100 valence electrons. The second kappa shape index (κ2) is 5.18. The summed E-state index contributed by atoms with van der Waals surface area (Å²) in [6, 6.07) is 7.77. The first-order valence-electron chi connectivity index (χ1n) is 6.19. The van der Waals surface area contributed by atoms with Gasteiger partial charge in [-0.2, -0.15) is 0 Å². The maximum absolute atomic E-state index is 11.9. The van der Waals surface area contributed by atoms with Gasteiger partial charge in [0.25, 0.3) is 0 Å². The monoisotopic (exact) mass is 258 g/mol. The average Bonchev–Trinajstić information content (AvgIpc) is 2.83. The van der Waals surface area contributed by atoms with Crippen molar-refractivity contribution < 1.29 is 9.53 Å². The van der Waals surface area contributed by atoms with E-state index in [4.69, 9.17) is 10.5 Å². The number of carbonyl (C=O) groups is 1. The zero-order chi connectivity index (χ0) is 14.0. The van der Waals surface area contributed by atoms with Crippen LogP contribution >= 0.6 is 0 Å². The van der Waals surface area contributed by atoms with Crippen molar-refractivity contribution in [2.24, 2.45) is 0 Å². The number of esters is 1. The lowest BCUT2D eigenvalue weighted by atomic mass is 10.0. The molecule has 1 aromatic heterocycles. The number of benzene rings is 1. The number of para-hydroxylation sites is 1. The summed E-state index contributed by atoms with van der Waals surface area (Å²) >= 11 is 0. The van der Waals surface area contributed by atoms with Crippen molar-refractivity contribution in [2.75, 3.05) is 12.8 Å². The molecule has 0 aliphatic rings. The normalized spacial score (nSPS) is 10.7. The van der Waals surface area contributed by atoms with Crippen LogP contribution in [0.15, 0.2) is 36.7 Å². The molecule has 1 heterocycles. The van der Waals surface area contributed by atoms with Gasteiger partial charge in [-0.1, -0.05) is 18.2 Å². The van der Waals surface area contributed by atoms with Crippen molar-refractivity contribution in [3.8, 4) is 11.1 Å². The number of methoxy groups -OCH3 is 1. The minimum absolute atomic E-state index is 0.266. The van der Waals surface area contributed by atoms with E-state index in [1.165, 1.54) is 7.11 Å². The SMILES string of the molecule is COC(=O)c1cn(C(C)C)cc1-c1ccccc1N. The van der Waals surface area contributed by atoms with Crippen molar-refractivity contribution in [1.29, 1.82) is 0 Å². The van der Waals surface area contributed by atoms with E-state index in [0.717, 1.165) is 11.1 Å². The Morgan fingerprint density at radius 1 is 1.21 bits per heavy atom. The third-order valence-electron chi connectivity index (χ3n) is 3.10. The summed E-state index contributed by atoms with van der Waals surface area (Å²) in [7, 11) is 1.38. The molecule has 0 saturated heterocycles. The van der Waals surface area contributed by atoms with Crippen LogP contribution in [0.1, 0.15) is 30.2 Å². The van der Waals surface area contributed by atoms with E-state index in [2.05, 4.69) is 13.8 Å². The number of rotatable bonds is 3. The first-order valence-corrected chi connectivity index (χ1v) is 6.19. The zero-order valence-electron chi connectivity index (χ0n) is 11.4. The van der Waals surface area contributed by atoms with Gasteiger partial charge in [0.15, 0.2) is 0 Å². The van der Waals surface area contributed by atoms with E-state index in [1.54, 1.807) is 6.20 Å². The van der Waals surface area contributed by atoms with E-state index in [1.807, 2.05) is 35.0 Å². The van der Waals surface area contributed by atoms with Crippen LogP contribution in [0.25, 0.3) is 11.1 Å². The van der Waals surface area contributed by atoms with E-state index in [-0.39, 0.29) is 12.0 Å². The molecule has 2 aromatic rings. The lowest BCUT2D eigenvalue weighted by Gasteiger charge is -2.06. The van der Waals surface area contributed by atoms with Gasteiger partial charge in [0.2, 0.25) is 0 Å². The Kier molecular flexibility index (Phi) is 3.60. The van der Waals surface area contributed by atoms with E-state index in [0.29, 0.717) is 11.3 Å². The first kappa shape index (κ1) is 13.2. The Morgan fingerprint density at radius 2 is 1.89 bits per heavy atom. The summed E-state index contributed by atoms with van der Waals surface area (Å²) in [6.45, 7) is 4.11. The van der Waals surface area contributed by atoms with Crippen LogP contribution < -0.4 is 5.73 Å². The Balaban J connectivity index is 2.61. The molecule has 4 nitrogen and oxygen atoms in total. The van der Waals surface area contributed by atoms with Crippen molar-refractivity contribution in [3.05, 3.63) is 42.2 Å². The van der Waals surface area contributed by atoms with E-state index in [9.17, 15) is 4.79 Å². The van der Waals surface area contributed by atoms with Crippen LogP contribution in [0.5, 0.6) is 0 Å². The fourth-order valence-corrected chi connectivity index (χ4v) is 2.00. The van der Waals surface area contributed by atoms with Crippen LogP contribution in [0, 0.1) is 0 Å². The fraction of sp³-hybridized carbons (Fsp3) is 0.267. The summed E-state index contributed by atoms with van der Waals surface area (Å²) in [5.41, 5.74) is 8.82. The molecule has 0 aliphatic heterocycles. The number of ether oxygens (including phenoxy) is 1. The number of anilines is 1. The van der Waals surface area contributed by atoms with E-state index < -0.39 is 0 Å². The molecule has 0 aliphatic carbocycles. The molecule has 0 fully saturated rings. The molecule has 0 unspecified atom stereocenters. The third-order valence-corrected chi connectivity index (χ3v) is 3.10. The molecule has 0 amide bonds. The summed E-state index contributed by atoms with van der Waals surface area (Å²) in [5.74, 6) is -0.349. The topological polar surface area (TPSA) is 57.2 Å². The van der Waals surface area contributed by atoms with E-state index >= 15 is 0 Å². The molecule has 2 rings (SSSR count). The zero-order valence-corrected chi connectivity index (χ0v) is 11.4. The van der Waals surface area contributed by atoms with Gasteiger partial charge in [-0.15, -0.1) is 0 Å². The summed E-state index contributed by atoms with van der Waals surface area (Å²) < 4.78 is 6.82. The number of nitrogens with zero attached hydrogens (tertiary/aromatic N) is 1. The summed E-state index contributed by atoms with van der Waals surface area (Å²) in [4.78, 5) is 11.9. The minimum Gasteiger partial charge on any atom is -0.465 e. The van der Waals surface area contributed by atoms with Gasteiger partial charge >= 0.3 is 5.97 Å². The highest BCUT2D eigenvalue weighted by Gasteiger charge is 2.18. The van der Waals surface area contributed by atoms with Gasteiger partial charge in [0, 0.05) is 35.2 Å². The number of nitrogen functional groups attached to an aromatic ring is 1. The lowest BCUT2D eigenvalue weighted by Crippen LogP contribution is -2.02. The highest BCUT2D eigenvalue weighted by molar-refractivity contribution is 5.98. The van der Waals surface area contributed by atoms with Crippen LogP contribution in [-0.4, -0.2) is 17.6 Å².